The normalized spacial score (nSPS) is 9.56. The van der Waals surface area contributed by atoms with Crippen molar-refractivity contribution < 1.29 is 14.7 Å². The van der Waals surface area contributed by atoms with Gasteiger partial charge in [-0.1, -0.05) is 30.2 Å². The topological polar surface area (TPSA) is 80.4 Å². The second kappa shape index (κ2) is 4.60. The van der Waals surface area contributed by atoms with Gasteiger partial charge in [-0.25, -0.2) is 4.79 Å². The molecule has 0 aliphatic carbocycles. The fraction of sp³-hybridized carbons (Fsp3) is 0. The van der Waals surface area contributed by atoms with E-state index in [4.69, 9.17) is 10.8 Å². The molecule has 0 atom stereocenters. The molecule has 0 radical (unpaired) electrons. The third kappa shape index (κ3) is 2.15. The Morgan fingerprint density at radius 2 is 1.72 bits per heavy atom. The van der Waals surface area contributed by atoms with E-state index >= 15 is 0 Å². The first-order chi connectivity index (χ1) is 8.59. The maximum atomic E-state index is 11.1. The minimum Gasteiger partial charge on any atom is -0.478 e. The second-order valence-electron chi connectivity index (χ2n) is 3.63. The highest BCUT2D eigenvalue weighted by molar-refractivity contribution is 6.05. The molecule has 0 spiro atoms. The molecular formula is C14H9NO3. The van der Waals surface area contributed by atoms with Crippen LogP contribution in [0.15, 0.2) is 36.4 Å². The Morgan fingerprint density at radius 1 is 1.06 bits per heavy atom. The molecule has 4 nitrogen and oxygen atoms in total. The van der Waals surface area contributed by atoms with Crippen molar-refractivity contribution in [3.05, 3.63) is 47.5 Å². The van der Waals surface area contributed by atoms with Gasteiger partial charge in [0.2, 0.25) is 0 Å². The fourth-order valence-electron chi connectivity index (χ4n) is 1.73. The first kappa shape index (κ1) is 11.7. The van der Waals surface area contributed by atoms with Crippen LogP contribution < -0.4 is 5.73 Å². The van der Waals surface area contributed by atoms with Crippen LogP contribution in [0.4, 0.5) is 0 Å². The number of hydrogen-bond donors (Lipinski definition) is 2. The molecule has 0 saturated heterocycles. The van der Waals surface area contributed by atoms with Crippen LogP contribution in [-0.4, -0.2) is 17.0 Å². The molecule has 0 fully saturated rings. The highest BCUT2D eigenvalue weighted by Gasteiger charge is 2.08. The lowest BCUT2D eigenvalue weighted by Crippen LogP contribution is -2.06. The van der Waals surface area contributed by atoms with Crippen molar-refractivity contribution in [1.29, 1.82) is 0 Å². The van der Waals surface area contributed by atoms with Crippen molar-refractivity contribution in [2.24, 2.45) is 5.73 Å². The fourth-order valence-corrected chi connectivity index (χ4v) is 1.73. The van der Waals surface area contributed by atoms with Gasteiger partial charge in [-0.3, -0.25) is 4.79 Å². The summed E-state index contributed by atoms with van der Waals surface area (Å²) in [4.78, 5) is 21.7. The predicted molar refractivity (Wildman–Crippen MR) is 67.0 cm³/mol. The lowest BCUT2D eigenvalue weighted by atomic mass is 10.0. The van der Waals surface area contributed by atoms with E-state index < -0.39 is 11.9 Å². The van der Waals surface area contributed by atoms with Crippen LogP contribution in [0.2, 0.25) is 0 Å². The number of carbonyl (C=O) groups is 2. The van der Waals surface area contributed by atoms with E-state index in [1.165, 1.54) is 6.07 Å². The van der Waals surface area contributed by atoms with Gasteiger partial charge in [-0.15, -0.1) is 0 Å². The molecule has 2 aromatic carbocycles. The minimum absolute atomic E-state index is 0.204. The van der Waals surface area contributed by atoms with Gasteiger partial charge in [-0.05, 0) is 22.9 Å². The Kier molecular flexibility index (Phi) is 2.98. The number of rotatable bonds is 1. The molecule has 0 heterocycles. The number of carbonyl (C=O) groups excluding carboxylic acids is 1. The zero-order valence-corrected chi connectivity index (χ0v) is 9.31. The maximum Gasteiger partial charge on any atom is 0.336 e. The molecule has 0 unspecified atom stereocenters. The molecule has 3 N–H and O–H groups in total. The molecule has 18 heavy (non-hydrogen) atoms. The van der Waals surface area contributed by atoms with Gasteiger partial charge in [-0.2, -0.15) is 0 Å². The largest absolute Gasteiger partial charge is 0.478 e. The van der Waals surface area contributed by atoms with Gasteiger partial charge in [0.25, 0.3) is 5.91 Å². The molecule has 0 aromatic heterocycles. The average Bonchev–Trinajstić information content (AvgIpc) is 2.35. The summed E-state index contributed by atoms with van der Waals surface area (Å²) >= 11 is 0. The Bertz CT molecular complexity index is 708. The number of carboxylic acids is 1. The van der Waals surface area contributed by atoms with E-state index in [0.29, 0.717) is 16.3 Å². The van der Waals surface area contributed by atoms with Crippen LogP contribution in [0, 0.1) is 11.8 Å². The van der Waals surface area contributed by atoms with Crippen LogP contribution in [0.1, 0.15) is 15.9 Å². The molecule has 0 aliphatic heterocycles. The molecule has 0 bridgehead atoms. The molecular weight excluding hydrogens is 230 g/mol. The number of carboxylic acid groups (broad SMARTS) is 1. The summed E-state index contributed by atoms with van der Waals surface area (Å²) in [7, 11) is 0. The summed E-state index contributed by atoms with van der Waals surface area (Å²) in [6.07, 6.45) is 0. The molecule has 2 rings (SSSR count). The van der Waals surface area contributed by atoms with Gasteiger partial charge >= 0.3 is 5.97 Å². The van der Waals surface area contributed by atoms with Gasteiger partial charge < -0.3 is 10.8 Å². The third-order valence-electron chi connectivity index (χ3n) is 2.47. The van der Waals surface area contributed by atoms with E-state index in [1.807, 2.05) is 0 Å². The first-order valence-electron chi connectivity index (χ1n) is 5.16. The number of nitrogens with two attached hydrogens (primary N) is 1. The number of aromatic carboxylic acids is 1. The van der Waals surface area contributed by atoms with Gasteiger partial charge in [0.1, 0.15) is 0 Å². The molecule has 0 aliphatic rings. The van der Waals surface area contributed by atoms with Crippen LogP contribution >= 0.6 is 0 Å². The Morgan fingerprint density at radius 3 is 2.39 bits per heavy atom. The first-order valence-corrected chi connectivity index (χ1v) is 5.16. The lowest BCUT2D eigenvalue weighted by molar-refractivity contribution is -0.112. The van der Waals surface area contributed by atoms with E-state index in [1.54, 1.807) is 30.3 Å². The summed E-state index contributed by atoms with van der Waals surface area (Å²) in [6, 6.07) is 10.0. The van der Waals surface area contributed by atoms with Crippen LogP contribution in [-0.2, 0) is 4.79 Å². The number of hydrogen-bond acceptors (Lipinski definition) is 2. The average molecular weight is 239 g/mol. The van der Waals surface area contributed by atoms with Crippen molar-refractivity contribution in [1.82, 2.24) is 0 Å². The van der Waals surface area contributed by atoms with Crippen LogP contribution in [0.3, 0.4) is 0 Å². The summed E-state index contributed by atoms with van der Waals surface area (Å²) in [5.41, 5.74) is 5.74. The third-order valence-corrected chi connectivity index (χ3v) is 2.47. The predicted octanol–water partition coefficient (Wildman–Crippen LogP) is 1.37. The van der Waals surface area contributed by atoms with Crippen LogP contribution in [0.5, 0.6) is 0 Å². The zero-order chi connectivity index (χ0) is 13.1. The quantitative estimate of drug-likeness (QED) is 0.737. The zero-order valence-electron chi connectivity index (χ0n) is 9.31. The second-order valence-corrected chi connectivity index (χ2v) is 3.63. The van der Waals surface area contributed by atoms with Crippen molar-refractivity contribution in [3.8, 4) is 11.8 Å². The van der Waals surface area contributed by atoms with Crippen LogP contribution in [0.25, 0.3) is 10.8 Å². The van der Waals surface area contributed by atoms with E-state index in [2.05, 4.69) is 11.8 Å². The summed E-state index contributed by atoms with van der Waals surface area (Å²) < 4.78 is 0. The van der Waals surface area contributed by atoms with E-state index in [9.17, 15) is 9.59 Å². The number of primary amides is 1. The lowest BCUT2D eigenvalue weighted by Gasteiger charge is -2.03. The summed E-state index contributed by atoms with van der Waals surface area (Å²) in [5, 5.41) is 10.4. The molecule has 1 amide bonds. The Hall–Kier alpha value is -2.80. The van der Waals surface area contributed by atoms with Gasteiger partial charge in [0.15, 0.2) is 0 Å². The highest BCUT2D eigenvalue weighted by atomic mass is 16.4. The van der Waals surface area contributed by atoms with Gasteiger partial charge in [0, 0.05) is 11.5 Å². The summed E-state index contributed by atoms with van der Waals surface area (Å²) in [5.74, 6) is 3.16. The Balaban J connectivity index is 2.73. The number of amides is 1. The van der Waals surface area contributed by atoms with E-state index in [-0.39, 0.29) is 5.56 Å². The van der Waals surface area contributed by atoms with Crippen molar-refractivity contribution in [3.63, 3.8) is 0 Å². The number of fused-ring (bicyclic) bond motifs is 1. The Labute approximate surface area is 103 Å². The highest BCUT2D eigenvalue weighted by Crippen LogP contribution is 2.22. The smallest absolute Gasteiger partial charge is 0.336 e. The maximum absolute atomic E-state index is 11.1. The van der Waals surface area contributed by atoms with Crippen molar-refractivity contribution in [2.75, 3.05) is 0 Å². The summed E-state index contributed by atoms with van der Waals surface area (Å²) in [6.45, 7) is 0. The molecule has 2 aromatic rings. The minimum atomic E-state index is -0.999. The number of benzene rings is 2. The van der Waals surface area contributed by atoms with Gasteiger partial charge in [0.05, 0.1) is 5.56 Å². The molecule has 88 valence electrons. The standard InChI is InChI=1S/C14H9NO3/c15-13(16)8-7-9-3-1-5-11-10(9)4-2-6-12(11)14(17)18/h1-6H,(H2,15,16)(H,17,18). The van der Waals surface area contributed by atoms with Crippen molar-refractivity contribution in [2.45, 2.75) is 0 Å². The van der Waals surface area contributed by atoms with E-state index in [0.717, 1.165) is 0 Å². The monoisotopic (exact) mass is 239 g/mol. The van der Waals surface area contributed by atoms with Crippen molar-refractivity contribution >= 4 is 22.6 Å². The SMILES string of the molecule is NC(=O)C#Cc1cccc2c(C(=O)O)cccc12. The molecule has 4 heteroatoms. The molecule has 0 saturated carbocycles.